The summed E-state index contributed by atoms with van der Waals surface area (Å²) in [5.74, 6) is 0.236. The van der Waals surface area contributed by atoms with Gasteiger partial charge in [0.05, 0.1) is 19.2 Å². The third kappa shape index (κ3) is 2.99. The van der Waals surface area contributed by atoms with E-state index in [1.54, 1.807) is 18.2 Å². The van der Waals surface area contributed by atoms with Gasteiger partial charge in [0.1, 0.15) is 18.2 Å². The number of nitrogens with one attached hydrogen (secondary N) is 2. The van der Waals surface area contributed by atoms with Gasteiger partial charge in [0, 0.05) is 17.1 Å². The lowest BCUT2D eigenvalue weighted by molar-refractivity contribution is -0.0939. The van der Waals surface area contributed by atoms with Crippen LogP contribution in [0.1, 0.15) is 0 Å². The molecule has 3 rings (SSSR count). The standard InChI is InChI=1S/C16H19N3O5/c1-23-12-5-3-8-2-4-9(6-10(8)19-12)18-13-15(22)14(21)11(7-20)24-16(13)17/h2-6,11,13-15,17-18,20-22H,7H2,1H3/t11?,13?,14-,15?/m0/s1. The maximum absolute atomic E-state index is 10.2. The minimum absolute atomic E-state index is 0.245. The molecule has 2 heterocycles. The molecule has 4 atom stereocenters. The predicted molar refractivity (Wildman–Crippen MR) is 87.4 cm³/mol. The van der Waals surface area contributed by atoms with Crippen LogP contribution < -0.4 is 10.1 Å². The summed E-state index contributed by atoms with van der Waals surface area (Å²) < 4.78 is 10.3. The van der Waals surface area contributed by atoms with Crippen molar-refractivity contribution in [2.75, 3.05) is 19.0 Å². The molecular weight excluding hydrogens is 314 g/mol. The number of hydrogen-bond acceptors (Lipinski definition) is 8. The highest BCUT2D eigenvalue weighted by atomic mass is 16.5. The van der Waals surface area contributed by atoms with Gasteiger partial charge < -0.3 is 30.1 Å². The molecule has 3 unspecified atom stereocenters. The van der Waals surface area contributed by atoms with Gasteiger partial charge in [-0.05, 0) is 18.2 Å². The lowest BCUT2D eigenvalue weighted by Gasteiger charge is -2.38. The van der Waals surface area contributed by atoms with Gasteiger partial charge >= 0.3 is 0 Å². The average Bonchev–Trinajstić information content (AvgIpc) is 2.61. The van der Waals surface area contributed by atoms with E-state index in [2.05, 4.69) is 10.3 Å². The fourth-order valence-electron chi connectivity index (χ4n) is 2.66. The largest absolute Gasteiger partial charge is 0.481 e. The van der Waals surface area contributed by atoms with Crippen molar-refractivity contribution in [3.05, 3.63) is 30.3 Å². The second-order valence-corrected chi connectivity index (χ2v) is 5.57. The Morgan fingerprint density at radius 2 is 2.00 bits per heavy atom. The summed E-state index contributed by atoms with van der Waals surface area (Å²) in [5, 5.41) is 41.0. The Balaban J connectivity index is 1.84. The minimum Gasteiger partial charge on any atom is -0.481 e. The number of rotatable bonds is 4. The lowest BCUT2D eigenvalue weighted by Crippen LogP contribution is -2.59. The molecule has 1 saturated heterocycles. The van der Waals surface area contributed by atoms with Gasteiger partial charge in [0.25, 0.3) is 0 Å². The molecule has 0 aliphatic carbocycles. The topological polar surface area (TPSA) is 128 Å². The van der Waals surface area contributed by atoms with Crippen molar-refractivity contribution in [1.29, 1.82) is 5.41 Å². The molecule has 8 heteroatoms. The highest BCUT2D eigenvalue weighted by Crippen LogP contribution is 2.24. The van der Waals surface area contributed by atoms with Crippen molar-refractivity contribution < 1.29 is 24.8 Å². The van der Waals surface area contributed by atoms with Gasteiger partial charge in [-0.15, -0.1) is 0 Å². The maximum Gasteiger partial charge on any atom is 0.213 e. The monoisotopic (exact) mass is 333 g/mol. The van der Waals surface area contributed by atoms with Gasteiger partial charge in [0.2, 0.25) is 11.8 Å². The van der Waals surface area contributed by atoms with Crippen molar-refractivity contribution in [2.45, 2.75) is 24.4 Å². The molecule has 0 radical (unpaired) electrons. The summed E-state index contributed by atoms with van der Waals surface area (Å²) in [6.07, 6.45) is -3.58. The molecule has 5 N–H and O–H groups in total. The second kappa shape index (κ2) is 6.60. The van der Waals surface area contributed by atoms with E-state index in [4.69, 9.17) is 20.0 Å². The highest BCUT2D eigenvalue weighted by Gasteiger charge is 2.42. The number of nitrogens with zero attached hydrogens (tertiary/aromatic N) is 1. The maximum atomic E-state index is 10.2. The van der Waals surface area contributed by atoms with Gasteiger partial charge in [-0.2, -0.15) is 0 Å². The van der Waals surface area contributed by atoms with Crippen LogP contribution in [0.5, 0.6) is 5.88 Å². The molecule has 0 saturated carbocycles. The van der Waals surface area contributed by atoms with Crippen LogP contribution in [0.25, 0.3) is 10.9 Å². The van der Waals surface area contributed by atoms with Crippen molar-refractivity contribution in [2.24, 2.45) is 0 Å². The second-order valence-electron chi connectivity index (χ2n) is 5.57. The van der Waals surface area contributed by atoms with Crippen LogP contribution in [0, 0.1) is 5.41 Å². The molecule has 1 aromatic carbocycles. The SMILES string of the molecule is COc1ccc2ccc(NC3C(=N)OC(CO)[C@H](O)C3O)cc2n1. The van der Waals surface area contributed by atoms with E-state index in [-0.39, 0.29) is 5.90 Å². The summed E-state index contributed by atoms with van der Waals surface area (Å²) in [4.78, 5) is 4.33. The van der Waals surface area contributed by atoms with Gasteiger partial charge in [-0.25, -0.2) is 4.98 Å². The Morgan fingerprint density at radius 1 is 1.25 bits per heavy atom. The first-order chi connectivity index (χ1) is 11.5. The lowest BCUT2D eigenvalue weighted by atomic mass is 9.97. The number of methoxy groups -OCH3 is 1. The van der Waals surface area contributed by atoms with E-state index in [1.165, 1.54) is 7.11 Å². The minimum atomic E-state index is -1.29. The molecule has 1 aromatic heterocycles. The number of aliphatic hydroxyl groups excluding tert-OH is 3. The predicted octanol–water partition coefficient (Wildman–Crippen LogP) is 0.114. The Kier molecular flexibility index (Phi) is 4.52. The molecule has 0 amide bonds. The first-order valence-corrected chi connectivity index (χ1v) is 7.47. The first-order valence-electron chi connectivity index (χ1n) is 7.47. The number of fused-ring (bicyclic) bond motifs is 1. The van der Waals surface area contributed by atoms with Crippen molar-refractivity contribution in [3.63, 3.8) is 0 Å². The van der Waals surface area contributed by atoms with Crippen molar-refractivity contribution in [3.8, 4) is 5.88 Å². The normalized spacial score (nSPS) is 26.9. The Bertz CT molecular complexity index is 754. The third-order valence-corrected chi connectivity index (χ3v) is 4.01. The van der Waals surface area contributed by atoms with E-state index in [1.807, 2.05) is 12.1 Å². The van der Waals surface area contributed by atoms with Crippen LogP contribution in [0.4, 0.5) is 5.69 Å². The summed E-state index contributed by atoms with van der Waals surface area (Å²) in [6.45, 7) is -0.479. The average molecular weight is 333 g/mol. The molecule has 0 bridgehead atoms. The summed E-state index contributed by atoms with van der Waals surface area (Å²) >= 11 is 0. The Hall–Kier alpha value is -2.42. The number of aromatic nitrogens is 1. The quantitative estimate of drug-likeness (QED) is 0.537. The van der Waals surface area contributed by atoms with Crippen molar-refractivity contribution >= 4 is 22.5 Å². The van der Waals surface area contributed by atoms with Gasteiger partial charge in [-0.3, -0.25) is 5.41 Å². The molecule has 1 aliphatic rings. The number of anilines is 1. The number of pyridine rings is 1. The van der Waals surface area contributed by atoms with Crippen LogP contribution >= 0.6 is 0 Å². The number of aliphatic hydroxyl groups is 3. The van der Waals surface area contributed by atoms with Crippen LogP contribution in [0.15, 0.2) is 30.3 Å². The zero-order valence-corrected chi connectivity index (χ0v) is 13.0. The fourth-order valence-corrected chi connectivity index (χ4v) is 2.66. The molecule has 1 fully saturated rings. The summed E-state index contributed by atoms with van der Waals surface area (Å²) in [7, 11) is 1.53. The number of ether oxygens (including phenoxy) is 2. The van der Waals surface area contributed by atoms with Crippen LogP contribution in [0.2, 0.25) is 0 Å². The van der Waals surface area contributed by atoms with E-state index in [9.17, 15) is 10.2 Å². The molecule has 1 aliphatic heterocycles. The van der Waals surface area contributed by atoms with Crippen LogP contribution in [-0.2, 0) is 4.74 Å². The first kappa shape index (κ1) is 16.4. The summed E-state index contributed by atoms with van der Waals surface area (Å²) in [5.41, 5.74) is 1.29. The Morgan fingerprint density at radius 3 is 2.71 bits per heavy atom. The third-order valence-electron chi connectivity index (χ3n) is 4.01. The smallest absolute Gasteiger partial charge is 0.213 e. The van der Waals surface area contributed by atoms with E-state index in [0.717, 1.165) is 5.39 Å². The molecule has 8 nitrogen and oxygen atoms in total. The molecular formula is C16H19N3O5. The number of benzene rings is 1. The van der Waals surface area contributed by atoms with Crippen molar-refractivity contribution in [1.82, 2.24) is 4.98 Å². The molecule has 0 spiro atoms. The fraction of sp³-hybridized carbons (Fsp3) is 0.375. The van der Waals surface area contributed by atoms with Gasteiger partial charge in [0.15, 0.2) is 6.10 Å². The molecule has 24 heavy (non-hydrogen) atoms. The summed E-state index contributed by atoms with van der Waals surface area (Å²) in [6, 6.07) is 8.09. The van der Waals surface area contributed by atoms with E-state index >= 15 is 0 Å². The number of hydrogen-bond donors (Lipinski definition) is 5. The highest BCUT2D eigenvalue weighted by molar-refractivity contribution is 5.86. The molecule has 128 valence electrons. The van der Waals surface area contributed by atoms with E-state index in [0.29, 0.717) is 17.1 Å². The zero-order chi connectivity index (χ0) is 17.3. The van der Waals surface area contributed by atoms with Crippen LogP contribution in [0.3, 0.4) is 0 Å². The zero-order valence-electron chi connectivity index (χ0n) is 13.0. The Labute approximate surface area is 138 Å². The van der Waals surface area contributed by atoms with Crippen LogP contribution in [-0.4, -0.2) is 64.3 Å². The molecule has 2 aromatic rings. The van der Waals surface area contributed by atoms with E-state index < -0.39 is 31.0 Å². The van der Waals surface area contributed by atoms with Gasteiger partial charge in [-0.1, -0.05) is 6.07 Å².